The third-order valence-corrected chi connectivity index (χ3v) is 4.17. The van der Waals surface area contributed by atoms with Crippen molar-refractivity contribution in [2.45, 2.75) is 0 Å². The van der Waals surface area contributed by atoms with Gasteiger partial charge in [0.05, 0.1) is 7.11 Å². The van der Waals surface area contributed by atoms with Crippen LogP contribution >= 0.6 is 0 Å². The minimum absolute atomic E-state index is 0.0151. The zero-order valence-electron chi connectivity index (χ0n) is 12.7. The summed E-state index contributed by atoms with van der Waals surface area (Å²) in [5, 5.41) is 2.91. The van der Waals surface area contributed by atoms with Gasteiger partial charge in [0.2, 0.25) is 0 Å². The molecule has 4 aromatic rings. The number of fused-ring (bicyclic) bond motifs is 2. The maximum absolute atomic E-state index is 13.1. The summed E-state index contributed by atoms with van der Waals surface area (Å²) in [5.41, 5.74) is 2.30. The molecule has 3 aromatic carbocycles. The standard InChI is InChI=1S/C20H15NO2/c1-23-14-9-10-19-17(11-14)18(12-21-19)20(22)16-8-4-6-13-5-2-3-7-15(13)16/h2-12,21H,1H3. The fraction of sp³-hybridized carbons (Fsp3) is 0.0500. The summed E-state index contributed by atoms with van der Waals surface area (Å²) in [4.78, 5) is 16.2. The van der Waals surface area contributed by atoms with Crippen molar-refractivity contribution in [2.24, 2.45) is 0 Å². The molecule has 3 nitrogen and oxygen atoms in total. The van der Waals surface area contributed by atoms with Crippen molar-refractivity contribution in [3.8, 4) is 5.75 Å². The number of rotatable bonds is 3. The van der Waals surface area contributed by atoms with E-state index in [4.69, 9.17) is 4.74 Å². The van der Waals surface area contributed by atoms with Crippen molar-refractivity contribution in [1.82, 2.24) is 4.98 Å². The predicted molar refractivity (Wildman–Crippen MR) is 92.2 cm³/mol. The maximum Gasteiger partial charge on any atom is 0.195 e. The van der Waals surface area contributed by atoms with Gasteiger partial charge >= 0.3 is 0 Å². The first-order valence-corrected chi connectivity index (χ1v) is 7.45. The Kier molecular flexibility index (Phi) is 3.12. The van der Waals surface area contributed by atoms with Gasteiger partial charge < -0.3 is 9.72 Å². The largest absolute Gasteiger partial charge is 0.497 e. The van der Waals surface area contributed by atoms with Gasteiger partial charge in [-0.05, 0) is 29.0 Å². The number of carbonyl (C=O) groups is 1. The van der Waals surface area contributed by atoms with Crippen molar-refractivity contribution >= 4 is 27.5 Å². The molecule has 3 heteroatoms. The van der Waals surface area contributed by atoms with Gasteiger partial charge in [0, 0.05) is 28.2 Å². The molecule has 0 aliphatic carbocycles. The maximum atomic E-state index is 13.1. The molecule has 0 aliphatic heterocycles. The third kappa shape index (κ3) is 2.18. The molecule has 0 amide bonds. The van der Waals surface area contributed by atoms with Gasteiger partial charge in [-0.25, -0.2) is 0 Å². The van der Waals surface area contributed by atoms with Crippen molar-refractivity contribution in [3.05, 3.63) is 78.0 Å². The Balaban J connectivity index is 1.91. The first-order chi connectivity index (χ1) is 11.3. The zero-order valence-corrected chi connectivity index (χ0v) is 12.7. The van der Waals surface area contributed by atoms with E-state index in [1.165, 1.54) is 0 Å². The molecule has 0 unspecified atom stereocenters. The normalized spacial score (nSPS) is 11.0. The number of hydrogen-bond acceptors (Lipinski definition) is 2. The van der Waals surface area contributed by atoms with E-state index in [9.17, 15) is 4.79 Å². The third-order valence-electron chi connectivity index (χ3n) is 4.17. The molecule has 1 heterocycles. The molecule has 0 aliphatic rings. The molecule has 0 spiro atoms. The molecule has 23 heavy (non-hydrogen) atoms. The average molecular weight is 301 g/mol. The van der Waals surface area contributed by atoms with E-state index in [1.54, 1.807) is 13.3 Å². The van der Waals surface area contributed by atoms with Crippen molar-refractivity contribution in [1.29, 1.82) is 0 Å². The summed E-state index contributed by atoms with van der Waals surface area (Å²) in [7, 11) is 1.63. The molecule has 0 fully saturated rings. The molecule has 4 rings (SSSR count). The number of benzene rings is 3. The van der Waals surface area contributed by atoms with Crippen LogP contribution in [-0.4, -0.2) is 17.9 Å². The number of hydrogen-bond donors (Lipinski definition) is 1. The number of ketones is 1. The van der Waals surface area contributed by atoms with Gasteiger partial charge in [-0.3, -0.25) is 4.79 Å². The van der Waals surface area contributed by atoms with Crippen LogP contribution in [0, 0.1) is 0 Å². The highest BCUT2D eigenvalue weighted by Gasteiger charge is 2.16. The first kappa shape index (κ1) is 13.6. The van der Waals surface area contributed by atoms with Crippen LogP contribution in [0.4, 0.5) is 0 Å². The Bertz CT molecular complexity index is 1020. The molecule has 0 saturated heterocycles. The van der Waals surface area contributed by atoms with Gasteiger partial charge in [0.1, 0.15) is 5.75 Å². The van der Waals surface area contributed by atoms with Gasteiger partial charge in [-0.15, -0.1) is 0 Å². The highest BCUT2D eigenvalue weighted by atomic mass is 16.5. The highest BCUT2D eigenvalue weighted by molar-refractivity contribution is 6.21. The number of nitrogens with one attached hydrogen (secondary N) is 1. The van der Waals surface area contributed by atoms with E-state index in [0.717, 1.165) is 27.4 Å². The quantitative estimate of drug-likeness (QED) is 0.564. The smallest absolute Gasteiger partial charge is 0.195 e. The number of aromatic amines is 1. The summed E-state index contributed by atoms with van der Waals surface area (Å²) in [5.74, 6) is 0.755. The van der Waals surface area contributed by atoms with Crippen molar-refractivity contribution < 1.29 is 9.53 Å². The van der Waals surface area contributed by atoms with Crippen LogP contribution in [-0.2, 0) is 0 Å². The molecule has 112 valence electrons. The lowest BCUT2D eigenvalue weighted by molar-refractivity contribution is 0.104. The summed E-state index contributed by atoms with van der Waals surface area (Å²) < 4.78 is 5.28. The van der Waals surface area contributed by atoms with E-state index >= 15 is 0 Å². The SMILES string of the molecule is COc1ccc2[nH]cc(C(=O)c3cccc4ccccc34)c2c1. The lowest BCUT2D eigenvalue weighted by Gasteiger charge is -2.06. The van der Waals surface area contributed by atoms with Crippen molar-refractivity contribution in [2.75, 3.05) is 7.11 Å². The predicted octanol–water partition coefficient (Wildman–Crippen LogP) is 4.56. The van der Waals surface area contributed by atoms with Crippen LogP contribution in [0.25, 0.3) is 21.7 Å². The molecule has 0 saturated carbocycles. The van der Waals surface area contributed by atoms with Gasteiger partial charge in [0.25, 0.3) is 0 Å². The summed E-state index contributed by atoms with van der Waals surface area (Å²) in [6.07, 6.45) is 1.77. The summed E-state index contributed by atoms with van der Waals surface area (Å²) in [6.45, 7) is 0. The Morgan fingerprint density at radius 1 is 0.913 bits per heavy atom. The Labute approximate surface area is 133 Å². The molecule has 0 atom stereocenters. The van der Waals surface area contributed by atoms with Crippen LogP contribution in [0.3, 0.4) is 0 Å². The van der Waals surface area contributed by atoms with Crippen LogP contribution in [0.5, 0.6) is 5.75 Å². The number of ether oxygens (including phenoxy) is 1. The Hall–Kier alpha value is -3.07. The molecule has 0 radical (unpaired) electrons. The molecular weight excluding hydrogens is 286 g/mol. The molecule has 0 bridgehead atoms. The van der Waals surface area contributed by atoms with Gasteiger partial charge in [0.15, 0.2) is 5.78 Å². The topological polar surface area (TPSA) is 42.1 Å². The van der Waals surface area contributed by atoms with Crippen molar-refractivity contribution in [3.63, 3.8) is 0 Å². The fourth-order valence-corrected chi connectivity index (χ4v) is 2.98. The Morgan fingerprint density at radius 2 is 1.74 bits per heavy atom. The van der Waals surface area contributed by atoms with E-state index < -0.39 is 0 Å². The summed E-state index contributed by atoms with van der Waals surface area (Å²) >= 11 is 0. The van der Waals surface area contributed by atoms with E-state index in [2.05, 4.69) is 4.98 Å². The number of H-pyrrole nitrogens is 1. The second-order valence-electron chi connectivity index (χ2n) is 5.47. The van der Waals surface area contributed by atoms with Crippen LogP contribution in [0.2, 0.25) is 0 Å². The second-order valence-corrected chi connectivity index (χ2v) is 5.47. The lowest BCUT2D eigenvalue weighted by Crippen LogP contribution is -2.01. The number of methoxy groups -OCH3 is 1. The van der Waals surface area contributed by atoms with Crippen LogP contribution in [0.15, 0.2) is 66.9 Å². The lowest BCUT2D eigenvalue weighted by atomic mass is 9.97. The van der Waals surface area contributed by atoms with Crippen LogP contribution in [0.1, 0.15) is 15.9 Å². The van der Waals surface area contributed by atoms with Gasteiger partial charge in [-0.1, -0.05) is 42.5 Å². The minimum atomic E-state index is 0.0151. The van der Waals surface area contributed by atoms with E-state index in [0.29, 0.717) is 11.1 Å². The highest BCUT2D eigenvalue weighted by Crippen LogP contribution is 2.27. The molecular formula is C20H15NO2. The Morgan fingerprint density at radius 3 is 2.61 bits per heavy atom. The molecule has 1 N–H and O–H groups in total. The second kappa shape index (κ2) is 5.29. The zero-order chi connectivity index (χ0) is 15.8. The van der Waals surface area contributed by atoms with Gasteiger partial charge in [-0.2, -0.15) is 0 Å². The van der Waals surface area contributed by atoms with E-state index in [-0.39, 0.29) is 5.78 Å². The van der Waals surface area contributed by atoms with E-state index in [1.807, 2.05) is 60.7 Å². The fourth-order valence-electron chi connectivity index (χ4n) is 2.98. The molecule has 1 aromatic heterocycles. The number of carbonyl (C=O) groups excluding carboxylic acids is 1. The minimum Gasteiger partial charge on any atom is -0.497 e. The summed E-state index contributed by atoms with van der Waals surface area (Å²) in [6, 6.07) is 19.5. The van der Waals surface area contributed by atoms with Crippen LogP contribution < -0.4 is 4.74 Å². The first-order valence-electron chi connectivity index (χ1n) is 7.45. The average Bonchev–Trinajstić information content (AvgIpc) is 3.03. The monoisotopic (exact) mass is 301 g/mol. The number of aromatic nitrogens is 1.